The summed E-state index contributed by atoms with van der Waals surface area (Å²) in [7, 11) is 1.71. The van der Waals surface area contributed by atoms with Crippen molar-refractivity contribution < 1.29 is 23.9 Å². The van der Waals surface area contributed by atoms with Crippen molar-refractivity contribution in [2.75, 3.05) is 18.7 Å². The monoisotopic (exact) mass is 491 g/mol. The van der Waals surface area contributed by atoms with Crippen molar-refractivity contribution in [2.45, 2.75) is 25.8 Å². The standard InChI is InChI=1S/C25H25N5O6/c1-15-21(22(32)30(28(15)3)17-7-5-4-6-8-17)26-20(31)13-29-23(33)25(2,27-24(29)34)12-16-9-10-18-19(11-16)36-14-35-18/h4-11H,12-14H2,1-3H3,(H,26,31)(H,27,34)/t25-/m1/s1. The molecular weight excluding hydrogens is 466 g/mol. The summed E-state index contributed by atoms with van der Waals surface area (Å²) in [5.74, 6) is -0.00125. The number of hydrogen-bond acceptors (Lipinski definition) is 6. The van der Waals surface area contributed by atoms with Crippen molar-refractivity contribution >= 4 is 23.5 Å². The van der Waals surface area contributed by atoms with Gasteiger partial charge >= 0.3 is 6.03 Å². The third kappa shape index (κ3) is 3.88. The first-order chi connectivity index (χ1) is 17.2. The van der Waals surface area contributed by atoms with Crippen molar-refractivity contribution in [1.82, 2.24) is 19.6 Å². The number of urea groups is 1. The van der Waals surface area contributed by atoms with E-state index in [4.69, 9.17) is 9.47 Å². The lowest BCUT2D eigenvalue weighted by Gasteiger charge is -2.21. The van der Waals surface area contributed by atoms with Gasteiger partial charge in [-0.1, -0.05) is 24.3 Å². The van der Waals surface area contributed by atoms with E-state index in [9.17, 15) is 19.2 Å². The fraction of sp³-hybridized carbons (Fsp3) is 0.280. The molecule has 2 aliphatic rings. The van der Waals surface area contributed by atoms with Crippen molar-refractivity contribution in [3.05, 3.63) is 70.1 Å². The molecule has 3 heterocycles. The van der Waals surface area contributed by atoms with Crippen LogP contribution < -0.4 is 25.7 Å². The van der Waals surface area contributed by atoms with Crippen LogP contribution >= 0.6 is 0 Å². The minimum Gasteiger partial charge on any atom is -0.454 e. The molecule has 0 unspecified atom stereocenters. The highest BCUT2D eigenvalue weighted by Gasteiger charge is 2.48. The number of para-hydroxylation sites is 1. The first-order valence-electron chi connectivity index (χ1n) is 11.3. The van der Waals surface area contributed by atoms with Crippen molar-refractivity contribution in [3.8, 4) is 17.2 Å². The Kier molecular flexibility index (Phi) is 5.54. The largest absolute Gasteiger partial charge is 0.454 e. The molecule has 1 fully saturated rings. The van der Waals surface area contributed by atoms with Gasteiger partial charge in [0.2, 0.25) is 12.7 Å². The first kappa shape index (κ1) is 23.2. The van der Waals surface area contributed by atoms with Crippen LogP contribution in [0.25, 0.3) is 5.69 Å². The van der Waals surface area contributed by atoms with E-state index in [2.05, 4.69) is 10.6 Å². The van der Waals surface area contributed by atoms with Gasteiger partial charge in [-0.05, 0) is 43.7 Å². The maximum Gasteiger partial charge on any atom is 0.325 e. The molecule has 4 amide bonds. The van der Waals surface area contributed by atoms with Gasteiger partial charge in [0.15, 0.2) is 11.5 Å². The molecule has 1 aromatic heterocycles. The average molecular weight is 492 g/mol. The summed E-state index contributed by atoms with van der Waals surface area (Å²) in [6.45, 7) is 2.91. The number of ether oxygens (including phenoxy) is 2. The highest BCUT2D eigenvalue weighted by atomic mass is 16.7. The van der Waals surface area contributed by atoms with Crippen LogP contribution in [0.3, 0.4) is 0 Å². The summed E-state index contributed by atoms with van der Waals surface area (Å²) >= 11 is 0. The number of amides is 4. The van der Waals surface area contributed by atoms with Crippen LogP contribution in [0.15, 0.2) is 53.3 Å². The number of hydrogen-bond donors (Lipinski definition) is 2. The van der Waals surface area contributed by atoms with Gasteiger partial charge in [0, 0.05) is 13.5 Å². The Bertz CT molecular complexity index is 1440. The van der Waals surface area contributed by atoms with E-state index in [1.807, 2.05) is 6.07 Å². The molecule has 1 saturated heterocycles. The Morgan fingerprint density at radius 3 is 2.56 bits per heavy atom. The van der Waals surface area contributed by atoms with Crippen LogP contribution in [0, 0.1) is 6.92 Å². The number of fused-ring (bicyclic) bond motifs is 1. The zero-order valence-corrected chi connectivity index (χ0v) is 20.0. The van der Waals surface area contributed by atoms with Gasteiger partial charge in [0.1, 0.15) is 17.8 Å². The molecule has 186 valence electrons. The molecule has 11 heteroatoms. The number of rotatable bonds is 6. The van der Waals surface area contributed by atoms with E-state index >= 15 is 0 Å². The summed E-state index contributed by atoms with van der Waals surface area (Å²) in [6.07, 6.45) is 0.200. The third-order valence-electron chi connectivity index (χ3n) is 6.46. The molecule has 5 rings (SSSR count). The molecular formula is C25H25N5O6. The molecule has 2 aromatic carbocycles. The lowest BCUT2D eigenvalue weighted by molar-refractivity contribution is -0.133. The number of nitrogens with zero attached hydrogens (tertiary/aromatic N) is 3. The predicted octanol–water partition coefficient (Wildman–Crippen LogP) is 1.70. The maximum atomic E-state index is 13.2. The zero-order chi connectivity index (χ0) is 25.6. The molecule has 2 N–H and O–H groups in total. The lowest BCUT2D eigenvalue weighted by Crippen LogP contribution is -2.46. The minimum atomic E-state index is -1.24. The number of benzene rings is 2. The smallest absolute Gasteiger partial charge is 0.325 e. The first-order valence-corrected chi connectivity index (χ1v) is 11.3. The van der Waals surface area contributed by atoms with Gasteiger partial charge in [-0.25, -0.2) is 9.48 Å². The minimum absolute atomic E-state index is 0.0847. The Morgan fingerprint density at radius 1 is 1.08 bits per heavy atom. The molecule has 11 nitrogen and oxygen atoms in total. The Hall–Kier alpha value is -4.54. The van der Waals surface area contributed by atoms with Crippen molar-refractivity contribution in [1.29, 1.82) is 0 Å². The zero-order valence-electron chi connectivity index (χ0n) is 20.0. The van der Waals surface area contributed by atoms with Gasteiger partial charge in [0.25, 0.3) is 11.5 Å². The maximum absolute atomic E-state index is 13.2. The van der Waals surface area contributed by atoms with E-state index in [1.165, 1.54) is 4.68 Å². The van der Waals surface area contributed by atoms with Crippen LogP contribution in [0.4, 0.5) is 10.5 Å². The van der Waals surface area contributed by atoms with Crippen molar-refractivity contribution in [3.63, 3.8) is 0 Å². The molecule has 0 spiro atoms. The number of anilines is 1. The van der Waals surface area contributed by atoms with Gasteiger partial charge in [-0.3, -0.25) is 24.0 Å². The number of nitrogens with one attached hydrogen (secondary N) is 2. The average Bonchev–Trinajstić information content (AvgIpc) is 3.46. The molecule has 1 atom stereocenters. The third-order valence-corrected chi connectivity index (χ3v) is 6.46. The molecule has 0 aliphatic carbocycles. The molecule has 36 heavy (non-hydrogen) atoms. The van der Waals surface area contributed by atoms with Crippen LogP contribution in [-0.2, 0) is 23.1 Å². The fourth-order valence-electron chi connectivity index (χ4n) is 4.50. The quantitative estimate of drug-likeness (QED) is 0.506. The van der Waals surface area contributed by atoms with E-state index in [0.717, 1.165) is 10.5 Å². The summed E-state index contributed by atoms with van der Waals surface area (Å²) in [4.78, 5) is 52.6. The summed E-state index contributed by atoms with van der Waals surface area (Å²) < 4.78 is 13.8. The van der Waals surface area contributed by atoms with E-state index in [-0.39, 0.29) is 18.9 Å². The second kappa shape index (κ2) is 8.59. The second-order valence-corrected chi connectivity index (χ2v) is 9.00. The Morgan fingerprint density at radius 2 is 1.81 bits per heavy atom. The molecule has 2 aliphatic heterocycles. The van der Waals surface area contributed by atoms with Crippen LogP contribution in [0.5, 0.6) is 11.5 Å². The van der Waals surface area contributed by atoms with Crippen LogP contribution in [0.1, 0.15) is 18.2 Å². The number of carbonyl (C=O) groups excluding carboxylic acids is 3. The SMILES string of the molecule is Cc1c(NC(=O)CN2C(=O)N[C@](C)(Cc3ccc4c(c3)OCO4)C2=O)c(=O)n(-c2ccccc2)n1C. The van der Waals surface area contributed by atoms with E-state index < -0.39 is 35.5 Å². The van der Waals surface area contributed by atoms with Gasteiger partial charge in [-0.2, -0.15) is 0 Å². The lowest BCUT2D eigenvalue weighted by atomic mass is 9.92. The van der Waals surface area contributed by atoms with E-state index in [1.54, 1.807) is 68.0 Å². The van der Waals surface area contributed by atoms with Crippen molar-refractivity contribution in [2.24, 2.45) is 7.05 Å². The topological polar surface area (TPSA) is 124 Å². The highest BCUT2D eigenvalue weighted by molar-refractivity contribution is 6.10. The Balaban J connectivity index is 1.31. The summed E-state index contributed by atoms with van der Waals surface area (Å²) in [6, 6.07) is 13.6. The fourth-order valence-corrected chi connectivity index (χ4v) is 4.50. The summed E-state index contributed by atoms with van der Waals surface area (Å²) in [5, 5.41) is 5.27. The van der Waals surface area contributed by atoms with Gasteiger partial charge < -0.3 is 20.1 Å². The van der Waals surface area contributed by atoms with Gasteiger partial charge in [0.05, 0.1) is 11.4 Å². The molecule has 3 aromatic rings. The Labute approximate surface area is 206 Å². The molecule has 0 saturated carbocycles. The highest BCUT2D eigenvalue weighted by Crippen LogP contribution is 2.34. The number of imide groups is 1. The van der Waals surface area contributed by atoms with Gasteiger partial charge in [-0.15, -0.1) is 0 Å². The van der Waals surface area contributed by atoms with Crippen LogP contribution in [-0.4, -0.2) is 51.0 Å². The van der Waals surface area contributed by atoms with E-state index in [0.29, 0.717) is 22.9 Å². The number of carbonyl (C=O) groups is 3. The predicted molar refractivity (Wildman–Crippen MR) is 129 cm³/mol. The molecule has 0 bridgehead atoms. The second-order valence-electron chi connectivity index (χ2n) is 9.00. The molecule has 0 radical (unpaired) electrons. The van der Waals surface area contributed by atoms with Crippen LogP contribution in [0.2, 0.25) is 0 Å². The normalized spacial score (nSPS) is 18.5. The number of aromatic nitrogens is 2. The summed E-state index contributed by atoms with van der Waals surface area (Å²) in [5.41, 5.74) is 0.362.